The van der Waals surface area contributed by atoms with E-state index in [4.69, 9.17) is 23.2 Å². The molecule has 25 heavy (non-hydrogen) atoms. The van der Waals surface area contributed by atoms with Gasteiger partial charge in [0, 0.05) is 16.9 Å². The molecule has 0 bridgehead atoms. The number of amides is 1. The van der Waals surface area contributed by atoms with Gasteiger partial charge in [0.05, 0.1) is 10.7 Å². The maximum Gasteiger partial charge on any atom is 0.267 e. The second-order valence-electron chi connectivity index (χ2n) is 5.63. The molecule has 2 aromatic carbocycles. The van der Waals surface area contributed by atoms with Crippen molar-refractivity contribution in [1.82, 2.24) is 0 Å². The molecule has 0 saturated heterocycles. The first kappa shape index (κ1) is 18.9. The van der Waals surface area contributed by atoms with Crippen molar-refractivity contribution < 1.29 is 4.79 Å². The Hall–Kier alpha value is -2.48. The van der Waals surface area contributed by atoms with Gasteiger partial charge < -0.3 is 10.6 Å². The summed E-state index contributed by atoms with van der Waals surface area (Å²) in [5.41, 5.74) is 2.27. The number of nitrogens with one attached hydrogen (secondary N) is 2. The lowest BCUT2D eigenvalue weighted by Crippen LogP contribution is -2.15. The highest BCUT2D eigenvalue weighted by Gasteiger charge is 2.12. The van der Waals surface area contributed by atoms with E-state index in [-0.39, 0.29) is 5.57 Å². The lowest BCUT2D eigenvalue weighted by Gasteiger charge is -2.12. The fraction of sp³-hybridized carbons (Fsp3) is 0.158. The van der Waals surface area contributed by atoms with Crippen molar-refractivity contribution >= 4 is 40.5 Å². The highest BCUT2D eigenvalue weighted by molar-refractivity contribution is 6.36. The molecule has 0 spiro atoms. The first-order chi connectivity index (χ1) is 11.9. The summed E-state index contributed by atoms with van der Waals surface area (Å²) < 4.78 is 0. The van der Waals surface area contributed by atoms with Crippen LogP contribution >= 0.6 is 23.2 Å². The molecule has 0 aliphatic carbocycles. The molecule has 2 aromatic rings. The van der Waals surface area contributed by atoms with Crippen molar-refractivity contribution in [2.24, 2.45) is 0 Å². The predicted molar refractivity (Wildman–Crippen MR) is 103 cm³/mol. The van der Waals surface area contributed by atoms with Gasteiger partial charge in [-0.25, -0.2) is 0 Å². The first-order valence-electron chi connectivity index (χ1n) is 7.64. The van der Waals surface area contributed by atoms with Crippen molar-refractivity contribution in [2.45, 2.75) is 19.8 Å². The quantitative estimate of drug-likeness (QED) is 0.531. The fourth-order valence-electron chi connectivity index (χ4n) is 2.21. The van der Waals surface area contributed by atoms with E-state index in [2.05, 4.69) is 24.5 Å². The van der Waals surface area contributed by atoms with Crippen LogP contribution < -0.4 is 10.6 Å². The summed E-state index contributed by atoms with van der Waals surface area (Å²) >= 11 is 11.9. The Kier molecular flexibility index (Phi) is 6.46. The molecule has 6 heteroatoms. The number of carbonyl (C=O) groups excluding carboxylic acids is 1. The molecule has 128 valence electrons. The zero-order chi connectivity index (χ0) is 18.4. The summed E-state index contributed by atoms with van der Waals surface area (Å²) in [5, 5.41) is 15.7. The van der Waals surface area contributed by atoms with Gasteiger partial charge >= 0.3 is 0 Å². The van der Waals surface area contributed by atoms with Crippen LogP contribution in [-0.4, -0.2) is 5.91 Å². The van der Waals surface area contributed by atoms with E-state index >= 15 is 0 Å². The highest BCUT2D eigenvalue weighted by Crippen LogP contribution is 2.26. The van der Waals surface area contributed by atoms with Crippen molar-refractivity contribution in [2.75, 3.05) is 10.6 Å². The Morgan fingerprint density at radius 3 is 2.52 bits per heavy atom. The molecule has 4 nitrogen and oxygen atoms in total. The van der Waals surface area contributed by atoms with Gasteiger partial charge in [-0.3, -0.25) is 4.79 Å². The van der Waals surface area contributed by atoms with Gasteiger partial charge in [0.2, 0.25) is 0 Å². The van der Waals surface area contributed by atoms with Crippen molar-refractivity contribution in [3.8, 4) is 6.07 Å². The average Bonchev–Trinajstić information content (AvgIpc) is 2.58. The number of halogens is 2. The Labute approximate surface area is 157 Å². The van der Waals surface area contributed by atoms with E-state index in [1.54, 1.807) is 12.1 Å². The highest BCUT2D eigenvalue weighted by atomic mass is 35.5. The maximum absolute atomic E-state index is 12.3. The van der Waals surface area contributed by atoms with E-state index in [0.29, 0.717) is 21.7 Å². The molecule has 2 rings (SSSR count). The molecule has 0 unspecified atom stereocenters. The van der Waals surface area contributed by atoms with Gasteiger partial charge in [0.25, 0.3) is 5.91 Å². The van der Waals surface area contributed by atoms with E-state index < -0.39 is 5.91 Å². The number of benzene rings is 2. The van der Waals surface area contributed by atoms with Gasteiger partial charge in [-0.15, -0.1) is 0 Å². The van der Waals surface area contributed by atoms with E-state index in [0.717, 1.165) is 11.3 Å². The smallest absolute Gasteiger partial charge is 0.267 e. The van der Waals surface area contributed by atoms with Crippen molar-refractivity contribution in [3.63, 3.8) is 0 Å². The zero-order valence-corrected chi connectivity index (χ0v) is 15.3. The van der Waals surface area contributed by atoms with Gasteiger partial charge in [0.1, 0.15) is 11.6 Å². The van der Waals surface area contributed by atoms with Gasteiger partial charge in [0.15, 0.2) is 0 Å². The lowest BCUT2D eigenvalue weighted by atomic mass is 10.0. The summed E-state index contributed by atoms with van der Waals surface area (Å²) in [7, 11) is 0. The maximum atomic E-state index is 12.3. The summed E-state index contributed by atoms with van der Waals surface area (Å²) in [6.07, 6.45) is 1.39. The largest absolute Gasteiger partial charge is 0.360 e. The normalized spacial score (nSPS) is 11.1. The lowest BCUT2D eigenvalue weighted by molar-refractivity contribution is -0.112. The standard InChI is InChI=1S/C19H17Cl2N3O/c1-12(2)15-5-3-4-6-17(15)23-11-13(10-22)19(25)24-18-8-7-14(20)9-16(18)21/h3-9,11-12,23H,1-2H3,(H,24,25)/b13-11-. The SMILES string of the molecule is CC(C)c1ccccc1N/C=C(/C#N)C(=O)Nc1ccc(Cl)cc1Cl. The molecule has 0 radical (unpaired) electrons. The fourth-order valence-corrected chi connectivity index (χ4v) is 2.67. The van der Waals surface area contributed by atoms with Crippen LogP contribution in [0.15, 0.2) is 54.2 Å². The molecule has 2 N–H and O–H groups in total. The third-order valence-electron chi connectivity index (χ3n) is 3.50. The van der Waals surface area contributed by atoms with Gasteiger partial charge in [-0.1, -0.05) is 55.2 Å². The molecule has 0 fully saturated rings. The molecule has 0 aromatic heterocycles. The molecule has 1 amide bonds. The summed E-state index contributed by atoms with van der Waals surface area (Å²) in [5.74, 6) is -0.245. The number of rotatable bonds is 5. The van der Waals surface area contributed by atoms with Crippen LogP contribution in [0.5, 0.6) is 0 Å². The van der Waals surface area contributed by atoms with E-state index in [1.165, 1.54) is 12.3 Å². The van der Waals surface area contributed by atoms with Crippen LogP contribution in [0, 0.1) is 11.3 Å². The van der Waals surface area contributed by atoms with Crippen molar-refractivity contribution in [1.29, 1.82) is 5.26 Å². The average molecular weight is 374 g/mol. The zero-order valence-electron chi connectivity index (χ0n) is 13.8. The third kappa shape index (κ3) is 4.99. The van der Waals surface area contributed by atoms with Crippen LogP contribution in [0.2, 0.25) is 10.0 Å². The minimum atomic E-state index is -0.554. The van der Waals surface area contributed by atoms with Crippen LogP contribution in [0.4, 0.5) is 11.4 Å². The first-order valence-corrected chi connectivity index (χ1v) is 8.40. The molecule has 0 aliphatic heterocycles. The van der Waals surface area contributed by atoms with Gasteiger partial charge in [-0.2, -0.15) is 5.26 Å². The molecule has 0 aliphatic rings. The monoisotopic (exact) mass is 373 g/mol. The van der Waals surface area contributed by atoms with E-state index in [9.17, 15) is 10.1 Å². The minimum Gasteiger partial charge on any atom is -0.360 e. The number of nitriles is 1. The Balaban J connectivity index is 2.17. The second-order valence-corrected chi connectivity index (χ2v) is 6.48. The number of para-hydroxylation sites is 1. The Bertz CT molecular complexity index is 854. The number of hydrogen-bond donors (Lipinski definition) is 2. The Morgan fingerprint density at radius 2 is 1.88 bits per heavy atom. The number of hydrogen-bond acceptors (Lipinski definition) is 3. The summed E-state index contributed by atoms with van der Waals surface area (Å²) in [6.45, 7) is 4.15. The molecular weight excluding hydrogens is 357 g/mol. The van der Waals surface area contributed by atoms with Crippen LogP contribution in [0.25, 0.3) is 0 Å². The Morgan fingerprint density at radius 1 is 1.16 bits per heavy atom. The van der Waals surface area contributed by atoms with Crippen LogP contribution in [0.3, 0.4) is 0 Å². The topological polar surface area (TPSA) is 64.9 Å². The third-order valence-corrected chi connectivity index (χ3v) is 4.05. The number of anilines is 2. The van der Waals surface area contributed by atoms with Gasteiger partial charge in [-0.05, 0) is 35.7 Å². The minimum absolute atomic E-state index is 0.0652. The number of nitrogens with zero attached hydrogens (tertiary/aromatic N) is 1. The molecule has 0 saturated carbocycles. The molecular formula is C19H17Cl2N3O. The van der Waals surface area contributed by atoms with Crippen LogP contribution in [-0.2, 0) is 4.79 Å². The predicted octanol–water partition coefficient (Wildman–Crippen LogP) is 5.57. The van der Waals surface area contributed by atoms with Crippen LogP contribution in [0.1, 0.15) is 25.3 Å². The second kappa shape index (κ2) is 8.57. The number of carbonyl (C=O) groups is 1. The summed E-state index contributed by atoms with van der Waals surface area (Å²) in [4.78, 5) is 12.3. The van der Waals surface area contributed by atoms with Crippen molar-refractivity contribution in [3.05, 3.63) is 69.8 Å². The molecule has 0 heterocycles. The van der Waals surface area contributed by atoms with E-state index in [1.807, 2.05) is 30.3 Å². The molecule has 0 atom stereocenters. The summed E-state index contributed by atoms with van der Waals surface area (Å²) in [6, 6.07) is 14.3.